The molecule has 0 fully saturated rings. The molecule has 0 saturated heterocycles. The molecule has 0 aliphatic rings. The number of hydrogen-bond acceptors (Lipinski definition) is 3. The number of amides is 1. The third-order valence-corrected chi connectivity index (χ3v) is 3.72. The number of nitrogens with one attached hydrogen (secondary N) is 1. The van der Waals surface area contributed by atoms with E-state index in [0.29, 0.717) is 11.5 Å². The van der Waals surface area contributed by atoms with E-state index in [0.717, 1.165) is 12.1 Å². The maximum Gasteiger partial charge on any atom is 0.253 e. The lowest BCUT2D eigenvalue weighted by Crippen LogP contribution is -2.38. The second kappa shape index (κ2) is 6.28. The maximum absolute atomic E-state index is 13.4. The summed E-state index contributed by atoms with van der Waals surface area (Å²) in [4.78, 5) is 12.1. The van der Waals surface area contributed by atoms with Crippen LogP contribution in [0, 0.1) is 12.7 Å². The molecular formula is C15H14Cl2FNO3. The average molecular weight is 346 g/mol. The summed E-state index contributed by atoms with van der Waals surface area (Å²) in [6.45, 7) is 3.11. The van der Waals surface area contributed by atoms with E-state index in [-0.39, 0.29) is 22.2 Å². The largest absolute Gasteiger partial charge is 0.463 e. The topological polar surface area (TPSA) is 62.5 Å². The van der Waals surface area contributed by atoms with E-state index >= 15 is 0 Å². The number of carbonyl (C=O) groups is 1. The number of aryl methyl sites for hydroxylation is 1. The molecule has 2 aromatic rings. The zero-order valence-electron chi connectivity index (χ0n) is 11.9. The van der Waals surface area contributed by atoms with Gasteiger partial charge in [-0.2, -0.15) is 0 Å². The summed E-state index contributed by atoms with van der Waals surface area (Å²) in [5.41, 5.74) is -1.46. The predicted molar refractivity (Wildman–Crippen MR) is 81.8 cm³/mol. The predicted octanol–water partition coefficient (Wildman–Crippen LogP) is 3.67. The van der Waals surface area contributed by atoms with Crippen molar-refractivity contribution >= 4 is 29.1 Å². The molecule has 1 atom stereocenters. The highest BCUT2D eigenvalue weighted by atomic mass is 35.5. The highest BCUT2D eigenvalue weighted by Gasteiger charge is 2.28. The quantitative estimate of drug-likeness (QED) is 0.831. The first-order chi connectivity index (χ1) is 10.2. The van der Waals surface area contributed by atoms with E-state index in [2.05, 4.69) is 5.32 Å². The van der Waals surface area contributed by atoms with Crippen LogP contribution < -0.4 is 5.32 Å². The standard InChI is InChI=1S/C15H14Cl2FNO3/c1-8-3-4-13(22-8)15(2,21)7-19-14(20)9-5-12(18)11(17)6-10(9)16/h3-6,21H,7H2,1-2H3,(H,19,20). The van der Waals surface area contributed by atoms with Crippen molar-refractivity contribution in [1.29, 1.82) is 0 Å². The lowest BCUT2D eigenvalue weighted by Gasteiger charge is -2.21. The third kappa shape index (κ3) is 3.61. The van der Waals surface area contributed by atoms with E-state index in [1.54, 1.807) is 19.1 Å². The van der Waals surface area contributed by atoms with Crippen LogP contribution in [0.1, 0.15) is 28.8 Å². The van der Waals surface area contributed by atoms with Gasteiger partial charge in [-0.25, -0.2) is 4.39 Å². The van der Waals surface area contributed by atoms with Crippen LogP contribution in [-0.4, -0.2) is 17.6 Å². The molecule has 118 valence electrons. The van der Waals surface area contributed by atoms with Gasteiger partial charge >= 0.3 is 0 Å². The lowest BCUT2D eigenvalue weighted by atomic mass is 10.0. The molecule has 0 bridgehead atoms. The minimum Gasteiger partial charge on any atom is -0.463 e. The van der Waals surface area contributed by atoms with E-state index in [9.17, 15) is 14.3 Å². The molecule has 0 saturated carbocycles. The van der Waals surface area contributed by atoms with Gasteiger partial charge in [-0.3, -0.25) is 4.79 Å². The molecule has 0 radical (unpaired) electrons. The number of aliphatic hydroxyl groups is 1. The van der Waals surface area contributed by atoms with Crippen molar-refractivity contribution in [2.45, 2.75) is 19.4 Å². The Morgan fingerprint density at radius 2 is 2.05 bits per heavy atom. The van der Waals surface area contributed by atoms with Crippen molar-refractivity contribution in [2.24, 2.45) is 0 Å². The summed E-state index contributed by atoms with van der Waals surface area (Å²) >= 11 is 11.5. The molecule has 0 spiro atoms. The van der Waals surface area contributed by atoms with E-state index in [4.69, 9.17) is 27.6 Å². The Morgan fingerprint density at radius 1 is 1.36 bits per heavy atom. The average Bonchev–Trinajstić information content (AvgIpc) is 2.88. The van der Waals surface area contributed by atoms with E-state index < -0.39 is 17.3 Å². The van der Waals surface area contributed by atoms with Crippen molar-refractivity contribution in [2.75, 3.05) is 6.54 Å². The zero-order chi connectivity index (χ0) is 16.5. The van der Waals surface area contributed by atoms with Crippen LogP contribution in [0.4, 0.5) is 4.39 Å². The van der Waals surface area contributed by atoms with Gasteiger partial charge in [0.2, 0.25) is 0 Å². The molecule has 0 aliphatic heterocycles. The number of hydrogen-bond donors (Lipinski definition) is 2. The Labute approximate surface area is 136 Å². The first-order valence-electron chi connectivity index (χ1n) is 6.43. The molecule has 7 heteroatoms. The second-order valence-corrected chi connectivity index (χ2v) is 5.93. The summed E-state index contributed by atoms with van der Waals surface area (Å²) in [6.07, 6.45) is 0. The SMILES string of the molecule is Cc1ccc(C(C)(O)CNC(=O)c2cc(F)c(Cl)cc2Cl)o1. The normalized spacial score (nSPS) is 13.7. The molecule has 1 unspecified atom stereocenters. The van der Waals surface area contributed by atoms with Crippen LogP contribution in [0.15, 0.2) is 28.7 Å². The molecule has 1 aromatic carbocycles. The highest BCUT2D eigenvalue weighted by Crippen LogP contribution is 2.25. The molecule has 2 rings (SSSR count). The van der Waals surface area contributed by atoms with Gasteiger partial charge in [0.25, 0.3) is 5.91 Å². The van der Waals surface area contributed by atoms with Crippen LogP contribution in [0.2, 0.25) is 10.0 Å². The monoisotopic (exact) mass is 345 g/mol. The molecule has 0 aliphatic carbocycles. The molecule has 22 heavy (non-hydrogen) atoms. The minimum absolute atomic E-state index is 0.0254. The summed E-state index contributed by atoms with van der Waals surface area (Å²) < 4.78 is 18.8. The smallest absolute Gasteiger partial charge is 0.253 e. The number of halogens is 3. The second-order valence-electron chi connectivity index (χ2n) is 5.11. The van der Waals surface area contributed by atoms with Gasteiger partial charge < -0.3 is 14.8 Å². The molecule has 1 heterocycles. The van der Waals surface area contributed by atoms with Gasteiger partial charge in [0.05, 0.1) is 22.2 Å². The Balaban J connectivity index is 2.11. The van der Waals surface area contributed by atoms with Crippen LogP contribution in [0.5, 0.6) is 0 Å². The Hall–Kier alpha value is -1.56. The maximum atomic E-state index is 13.4. The highest BCUT2D eigenvalue weighted by molar-refractivity contribution is 6.36. The number of furan rings is 1. The third-order valence-electron chi connectivity index (χ3n) is 3.12. The molecule has 1 aromatic heterocycles. The van der Waals surface area contributed by atoms with Crippen molar-refractivity contribution < 1.29 is 18.7 Å². The zero-order valence-corrected chi connectivity index (χ0v) is 13.4. The summed E-state index contributed by atoms with van der Waals surface area (Å²) in [5.74, 6) is -0.406. The van der Waals surface area contributed by atoms with Crippen molar-refractivity contribution in [3.8, 4) is 0 Å². The number of benzene rings is 1. The summed E-state index contributed by atoms with van der Waals surface area (Å²) in [7, 11) is 0. The van der Waals surface area contributed by atoms with Gasteiger partial charge in [-0.1, -0.05) is 23.2 Å². The van der Waals surface area contributed by atoms with E-state index in [1.165, 1.54) is 6.92 Å². The van der Waals surface area contributed by atoms with Gasteiger partial charge in [-0.05, 0) is 38.1 Å². The van der Waals surface area contributed by atoms with E-state index in [1.807, 2.05) is 0 Å². The molecule has 2 N–H and O–H groups in total. The lowest BCUT2D eigenvalue weighted by molar-refractivity contribution is 0.0323. The molecular weight excluding hydrogens is 332 g/mol. The van der Waals surface area contributed by atoms with Crippen LogP contribution in [0.3, 0.4) is 0 Å². The van der Waals surface area contributed by atoms with Gasteiger partial charge in [0.15, 0.2) is 0 Å². The molecule has 1 amide bonds. The summed E-state index contributed by atoms with van der Waals surface area (Å²) in [6, 6.07) is 5.43. The fourth-order valence-corrected chi connectivity index (χ4v) is 2.32. The van der Waals surface area contributed by atoms with Crippen molar-refractivity contribution in [3.05, 3.63) is 57.2 Å². The fourth-order valence-electron chi connectivity index (χ4n) is 1.86. The minimum atomic E-state index is -1.40. The van der Waals surface area contributed by atoms with Crippen molar-refractivity contribution in [1.82, 2.24) is 5.32 Å². The van der Waals surface area contributed by atoms with Crippen LogP contribution >= 0.6 is 23.2 Å². The summed E-state index contributed by atoms with van der Waals surface area (Å²) in [5, 5.41) is 12.7. The fraction of sp³-hybridized carbons (Fsp3) is 0.267. The van der Waals surface area contributed by atoms with Crippen LogP contribution in [0.25, 0.3) is 0 Å². The van der Waals surface area contributed by atoms with Gasteiger partial charge in [-0.15, -0.1) is 0 Å². The van der Waals surface area contributed by atoms with Crippen LogP contribution in [-0.2, 0) is 5.60 Å². The van der Waals surface area contributed by atoms with Gasteiger partial charge in [0, 0.05) is 0 Å². The number of carbonyl (C=O) groups excluding carboxylic acids is 1. The first-order valence-corrected chi connectivity index (χ1v) is 7.18. The Bertz CT molecular complexity index is 713. The van der Waals surface area contributed by atoms with Crippen molar-refractivity contribution in [3.63, 3.8) is 0 Å². The Morgan fingerprint density at radius 3 is 2.64 bits per heavy atom. The van der Waals surface area contributed by atoms with Gasteiger partial charge in [0.1, 0.15) is 22.9 Å². The Kier molecular flexibility index (Phi) is 4.80. The first kappa shape index (κ1) is 16.8. The molecule has 4 nitrogen and oxygen atoms in total. The number of rotatable bonds is 4.